The minimum absolute atomic E-state index is 0.00245. The van der Waals surface area contributed by atoms with Crippen LogP contribution in [0.5, 0.6) is 0 Å². The van der Waals surface area contributed by atoms with Gasteiger partial charge >= 0.3 is 0 Å². The average molecular weight is 952 g/mol. The molecule has 0 radical (unpaired) electrons. The summed E-state index contributed by atoms with van der Waals surface area (Å²) in [6.07, 6.45) is 57.1. The molecule has 0 aliphatic carbocycles. The maximum Gasteiger partial charge on any atom is 0.180 e. The van der Waals surface area contributed by atoms with E-state index in [0.29, 0.717) is 0 Å². The van der Waals surface area contributed by atoms with Crippen LogP contribution < -0.4 is 0 Å². The van der Waals surface area contributed by atoms with Crippen LogP contribution in [0.15, 0.2) is 24.3 Å². The number of unbranched alkanes of at least 4 members (excludes halogenated alkanes) is 30. The van der Waals surface area contributed by atoms with E-state index >= 15 is 0 Å². The predicted octanol–water partition coefficient (Wildman–Crippen LogP) is 19.2. The third kappa shape index (κ3) is 51.4. The van der Waals surface area contributed by atoms with Crippen molar-refractivity contribution >= 4 is 0 Å². The van der Waals surface area contributed by atoms with Crippen molar-refractivity contribution in [3.05, 3.63) is 24.3 Å². The first-order chi connectivity index (χ1) is 33.1. The summed E-state index contributed by atoms with van der Waals surface area (Å²) in [4.78, 5) is 0. The maximum absolute atomic E-state index is 6.50. The van der Waals surface area contributed by atoms with Crippen molar-refractivity contribution in [2.75, 3.05) is 39.6 Å². The number of allylic oxidation sites excluding steroid dienone is 2. The summed E-state index contributed by atoms with van der Waals surface area (Å²) in [5, 5.41) is 0. The van der Waals surface area contributed by atoms with Gasteiger partial charge in [0.1, 0.15) is 0 Å². The highest BCUT2D eigenvalue weighted by Crippen LogP contribution is 2.18. The van der Waals surface area contributed by atoms with Crippen molar-refractivity contribution in [3.8, 4) is 0 Å². The smallest absolute Gasteiger partial charge is 0.180 e. The summed E-state index contributed by atoms with van der Waals surface area (Å²) in [7, 11) is 0. The summed E-state index contributed by atoms with van der Waals surface area (Å²) in [5.41, 5.74) is 0. The van der Waals surface area contributed by atoms with Crippen LogP contribution in [0.4, 0.5) is 0 Å². The molecular weight excluding hydrogens is 833 g/mol. The third-order valence-corrected chi connectivity index (χ3v) is 12.7. The van der Waals surface area contributed by atoms with Gasteiger partial charge in [-0.05, 0) is 102 Å². The summed E-state index contributed by atoms with van der Waals surface area (Å²) >= 11 is 0. The van der Waals surface area contributed by atoms with E-state index in [4.69, 9.17) is 33.2 Å². The molecule has 0 saturated carbocycles. The van der Waals surface area contributed by atoms with E-state index in [0.717, 1.165) is 104 Å². The largest absolute Gasteiger partial charge is 0.353 e. The van der Waals surface area contributed by atoms with Crippen molar-refractivity contribution in [1.82, 2.24) is 0 Å². The fourth-order valence-corrected chi connectivity index (χ4v) is 8.25. The number of hydrogen-bond donors (Lipinski definition) is 0. The second-order valence-corrected chi connectivity index (χ2v) is 19.6. The zero-order chi connectivity index (χ0) is 48.6. The first kappa shape index (κ1) is 66.2. The lowest BCUT2D eigenvalue weighted by atomic mass is 10.1. The van der Waals surface area contributed by atoms with Crippen LogP contribution in [0.1, 0.15) is 298 Å². The molecule has 7 nitrogen and oxygen atoms in total. The van der Waals surface area contributed by atoms with Gasteiger partial charge in [-0.3, -0.25) is 0 Å². The molecule has 0 amide bonds. The first-order valence-electron chi connectivity index (χ1n) is 29.8. The van der Waals surface area contributed by atoms with E-state index in [-0.39, 0.29) is 25.2 Å². The van der Waals surface area contributed by atoms with Gasteiger partial charge in [0.25, 0.3) is 0 Å². The lowest BCUT2D eigenvalue weighted by Gasteiger charge is -2.21. The molecule has 0 aliphatic heterocycles. The van der Waals surface area contributed by atoms with Gasteiger partial charge in [0.05, 0.1) is 13.2 Å². The second kappa shape index (κ2) is 57.8. The Morgan fingerprint density at radius 1 is 0.254 bits per heavy atom. The molecule has 0 N–H and O–H groups in total. The molecule has 0 aromatic heterocycles. The Kier molecular flexibility index (Phi) is 57.1. The fraction of sp³-hybridized carbons (Fsp3) is 0.933. The monoisotopic (exact) mass is 951 g/mol. The highest BCUT2D eigenvalue weighted by Gasteiger charge is 2.14. The Morgan fingerprint density at radius 3 is 0.761 bits per heavy atom. The van der Waals surface area contributed by atoms with E-state index in [1.54, 1.807) is 0 Å². The lowest BCUT2D eigenvalue weighted by molar-refractivity contribution is -0.208. The molecule has 67 heavy (non-hydrogen) atoms. The zero-order valence-corrected chi connectivity index (χ0v) is 46.0. The van der Waals surface area contributed by atoms with E-state index in [1.807, 2.05) is 0 Å². The van der Waals surface area contributed by atoms with E-state index in [9.17, 15) is 0 Å². The van der Waals surface area contributed by atoms with E-state index < -0.39 is 0 Å². The standard InChI is InChI=1S/C60H118O7/c1-7-13-41-51-61-57(62-52-42-14-8-2)47-37-33-29-25-21-19-23-27-31-35-39-49-59(65-55-45-17-11-5)67-60(66-56-46-18-12-6)50-40-36-32-28-24-20-22-26-30-34-38-48-58(63-53-43-15-9-3)64-54-44-16-10-4/h39-40,49-50,57-60H,7-38,41-48,51-56H2,1-6H3. The molecule has 0 aromatic rings. The third-order valence-electron chi connectivity index (χ3n) is 12.7. The quantitative estimate of drug-likeness (QED) is 0.0342. The number of rotatable bonds is 58. The van der Waals surface area contributed by atoms with Gasteiger partial charge in [0.2, 0.25) is 0 Å². The topological polar surface area (TPSA) is 64.6 Å². The summed E-state index contributed by atoms with van der Waals surface area (Å²) < 4.78 is 43.5. The molecule has 0 fully saturated rings. The van der Waals surface area contributed by atoms with Crippen molar-refractivity contribution in [1.29, 1.82) is 0 Å². The van der Waals surface area contributed by atoms with Crippen LogP contribution in [-0.2, 0) is 33.2 Å². The zero-order valence-electron chi connectivity index (χ0n) is 46.0. The first-order valence-corrected chi connectivity index (χ1v) is 29.8. The van der Waals surface area contributed by atoms with Crippen LogP contribution >= 0.6 is 0 Å². The van der Waals surface area contributed by atoms with Gasteiger partial charge in [-0.1, -0.05) is 221 Å². The minimum atomic E-state index is -0.373. The molecule has 7 heteroatoms. The normalized spacial score (nSPS) is 13.1. The summed E-state index contributed by atoms with van der Waals surface area (Å²) in [5.74, 6) is 0. The average Bonchev–Trinajstić information content (AvgIpc) is 3.34. The fourth-order valence-electron chi connectivity index (χ4n) is 8.25. The van der Waals surface area contributed by atoms with Crippen LogP contribution in [-0.4, -0.2) is 64.8 Å². The molecule has 0 rings (SSSR count). The van der Waals surface area contributed by atoms with Gasteiger partial charge in [-0.25, -0.2) is 0 Å². The lowest BCUT2D eigenvalue weighted by Crippen LogP contribution is -2.25. The predicted molar refractivity (Wildman–Crippen MR) is 289 cm³/mol. The van der Waals surface area contributed by atoms with Crippen LogP contribution in [0.3, 0.4) is 0 Å². The number of hydrogen-bond acceptors (Lipinski definition) is 7. The molecule has 2 atom stereocenters. The molecule has 0 spiro atoms. The van der Waals surface area contributed by atoms with Crippen LogP contribution in [0, 0.1) is 0 Å². The molecule has 2 unspecified atom stereocenters. The maximum atomic E-state index is 6.50. The Hall–Kier alpha value is -0.800. The Labute approximate surface area is 419 Å². The van der Waals surface area contributed by atoms with Crippen LogP contribution in [0.25, 0.3) is 0 Å². The molecule has 0 aliphatic rings. The highest BCUT2D eigenvalue weighted by atomic mass is 16.8. The molecule has 0 heterocycles. The SMILES string of the molecule is CCCCCOC(C=CCCCCCCCCCCCC(OCCCCC)OCCCCC)OC(C=CCCCCCCCCCCCC(OCCCCC)OCCCCC)OCCCCC. The van der Waals surface area contributed by atoms with Gasteiger partial charge in [0.15, 0.2) is 25.2 Å². The minimum Gasteiger partial charge on any atom is -0.353 e. The van der Waals surface area contributed by atoms with E-state index in [1.165, 1.54) is 193 Å². The van der Waals surface area contributed by atoms with Gasteiger partial charge in [-0.15, -0.1) is 0 Å². The van der Waals surface area contributed by atoms with Gasteiger partial charge in [-0.2, -0.15) is 0 Å². The second-order valence-electron chi connectivity index (χ2n) is 19.6. The molecular formula is C60H118O7. The van der Waals surface area contributed by atoms with Crippen molar-refractivity contribution in [2.45, 2.75) is 324 Å². The molecule has 0 bridgehead atoms. The van der Waals surface area contributed by atoms with E-state index in [2.05, 4.69) is 65.8 Å². The van der Waals surface area contributed by atoms with Crippen LogP contribution in [0.2, 0.25) is 0 Å². The van der Waals surface area contributed by atoms with Gasteiger partial charge < -0.3 is 33.2 Å². The Balaban J connectivity index is 4.50. The Bertz CT molecular complexity index is 861. The summed E-state index contributed by atoms with van der Waals surface area (Å²) in [6.45, 7) is 18.3. The Morgan fingerprint density at radius 2 is 0.493 bits per heavy atom. The van der Waals surface area contributed by atoms with Crippen molar-refractivity contribution in [3.63, 3.8) is 0 Å². The van der Waals surface area contributed by atoms with Gasteiger partial charge in [0, 0.05) is 26.4 Å². The molecule has 0 aromatic carbocycles. The molecule has 0 saturated heterocycles. The summed E-state index contributed by atoms with van der Waals surface area (Å²) in [6, 6.07) is 0. The van der Waals surface area contributed by atoms with Crippen molar-refractivity contribution < 1.29 is 33.2 Å². The number of ether oxygens (including phenoxy) is 7. The molecule has 400 valence electrons. The highest BCUT2D eigenvalue weighted by molar-refractivity contribution is 4.90. The van der Waals surface area contributed by atoms with Crippen molar-refractivity contribution in [2.24, 2.45) is 0 Å².